The average molecular weight is 194 g/mol. The normalized spacial score (nSPS) is 28.7. The molecule has 1 heterocycles. The highest BCUT2D eigenvalue weighted by Crippen LogP contribution is 2.29. The van der Waals surface area contributed by atoms with Crippen LogP contribution in [0.25, 0.3) is 0 Å². The molecule has 0 radical (unpaired) electrons. The van der Waals surface area contributed by atoms with Gasteiger partial charge in [0.1, 0.15) is 0 Å². The van der Waals surface area contributed by atoms with Gasteiger partial charge in [0.05, 0.1) is 5.69 Å². The van der Waals surface area contributed by atoms with Crippen molar-refractivity contribution in [3.63, 3.8) is 0 Å². The Hall–Kier alpha value is -0.900. The molecule has 1 aromatic rings. The van der Waals surface area contributed by atoms with Crippen LogP contribution in [-0.4, -0.2) is 21.0 Å². The first-order valence-corrected chi connectivity index (χ1v) is 5.39. The molecule has 2 N–H and O–H groups in total. The topological polar surface area (TPSA) is 56.7 Å². The van der Waals surface area contributed by atoms with Gasteiger partial charge in [0.2, 0.25) is 0 Å². The van der Waals surface area contributed by atoms with Crippen LogP contribution in [0.5, 0.6) is 0 Å². The van der Waals surface area contributed by atoms with Gasteiger partial charge in [-0.15, -0.1) is 5.10 Å². The predicted molar refractivity (Wildman–Crippen MR) is 54.8 cm³/mol. The van der Waals surface area contributed by atoms with E-state index >= 15 is 0 Å². The SMILES string of the molecule is Cn1cc(C2CCCCCC2N)nn1. The maximum absolute atomic E-state index is 6.14. The maximum Gasteiger partial charge on any atom is 0.0873 e. The lowest BCUT2D eigenvalue weighted by molar-refractivity contribution is 0.494. The number of rotatable bonds is 1. The molecule has 1 aliphatic carbocycles. The van der Waals surface area contributed by atoms with E-state index in [0.29, 0.717) is 5.92 Å². The Labute approximate surface area is 84.5 Å². The van der Waals surface area contributed by atoms with Crippen molar-refractivity contribution in [3.05, 3.63) is 11.9 Å². The molecule has 0 spiro atoms. The van der Waals surface area contributed by atoms with Crippen LogP contribution in [0.15, 0.2) is 6.20 Å². The summed E-state index contributed by atoms with van der Waals surface area (Å²) >= 11 is 0. The molecular formula is C10H18N4. The molecule has 0 saturated heterocycles. The molecule has 2 atom stereocenters. The van der Waals surface area contributed by atoms with Crippen LogP contribution < -0.4 is 5.73 Å². The number of hydrogen-bond donors (Lipinski definition) is 1. The summed E-state index contributed by atoms with van der Waals surface area (Å²) < 4.78 is 1.76. The van der Waals surface area contributed by atoms with Gasteiger partial charge in [-0.25, -0.2) is 0 Å². The van der Waals surface area contributed by atoms with Crippen molar-refractivity contribution >= 4 is 0 Å². The zero-order valence-corrected chi connectivity index (χ0v) is 8.69. The van der Waals surface area contributed by atoms with E-state index in [1.807, 2.05) is 13.2 Å². The first-order chi connectivity index (χ1) is 6.77. The van der Waals surface area contributed by atoms with Crippen molar-refractivity contribution in [3.8, 4) is 0 Å². The molecule has 1 aliphatic rings. The van der Waals surface area contributed by atoms with E-state index in [-0.39, 0.29) is 6.04 Å². The van der Waals surface area contributed by atoms with Gasteiger partial charge < -0.3 is 5.73 Å². The lowest BCUT2D eigenvalue weighted by Gasteiger charge is -2.18. The van der Waals surface area contributed by atoms with Gasteiger partial charge in [0, 0.05) is 25.2 Å². The summed E-state index contributed by atoms with van der Waals surface area (Å²) in [6.07, 6.45) is 8.13. The number of nitrogens with two attached hydrogens (primary N) is 1. The van der Waals surface area contributed by atoms with Crippen LogP contribution >= 0.6 is 0 Å². The Morgan fingerprint density at radius 1 is 1.36 bits per heavy atom. The Kier molecular flexibility index (Phi) is 2.82. The Morgan fingerprint density at radius 2 is 2.14 bits per heavy atom. The van der Waals surface area contributed by atoms with Crippen LogP contribution in [-0.2, 0) is 7.05 Å². The summed E-state index contributed by atoms with van der Waals surface area (Å²) in [6.45, 7) is 0. The van der Waals surface area contributed by atoms with E-state index in [2.05, 4.69) is 10.3 Å². The Bertz CT molecular complexity index is 294. The van der Waals surface area contributed by atoms with E-state index < -0.39 is 0 Å². The fraction of sp³-hybridized carbons (Fsp3) is 0.800. The lowest BCUT2D eigenvalue weighted by atomic mass is 9.93. The third-order valence-corrected chi connectivity index (χ3v) is 3.07. The highest BCUT2D eigenvalue weighted by atomic mass is 15.4. The molecule has 0 aromatic carbocycles. The van der Waals surface area contributed by atoms with Crippen molar-refractivity contribution in [2.24, 2.45) is 12.8 Å². The average Bonchev–Trinajstić information content (AvgIpc) is 2.46. The molecule has 0 amide bonds. The highest BCUT2D eigenvalue weighted by molar-refractivity contribution is 5.06. The third kappa shape index (κ3) is 1.95. The third-order valence-electron chi connectivity index (χ3n) is 3.07. The van der Waals surface area contributed by atoms with E-state index in [1.165, 1.54) is 25.7 Å². The maximum atomic E-state index is 6.14. The highest BCUT2D eigenvalue weighted by Gasteiger charge is 2.24. The van der Waals surface area contributed by atoms with Crippen molar-refractivity contribution < 1.29 is 0 Å². The predicted octanol–water partition coefficient (Wildman–Crippen LogP) is 1.19. The van der Waals surface area contributed by atoms with Gasteiger partial charge in [0.25, 0.3) is 0 Å². The molecule has 2 unspecified atom stereocenters. The molecule has 1 saturated carbocycles. The van der Waals surface area contributed by atoms with Crippen LogP contribution in [0.1, 0.15) is 43.7 Å². The second kappa shape index (κ2) is 4.09. The van der Waals surface area contributed by atoms with E-state index in [9.17, 15) is 0 Å². The molecule has 0 aliphatic heterocycles. The molecule has 14 heavy (non-hydrogen) atoms. The fourth-order valence-corrected chi connectivity index (χ4v) is 2.24. The standard InChI is InChI=1S/C10H18N4/c1-14-7-10(12-13-14)8-5-3-2-4-6-9(8)11/h7-9H,2-6,11H2,1H3. The number of aryl methyl sites for hydroxylation is 1. The molecule has 2 rings (SSSR count). The molecule has 1 fully saturated rings. The van der Waals surface area contributed by atoms with Gasteiger partial charge in [-0.2, -0.15) is 0 Å². The number of hydrogen-bond acceptors (Lipinski definition) is 3. The quantitative estimate of drug-likeness (QED) is 0.683. The summed E-state index contributed by atoms with van der Waals surface area (Å²) in [5.41, 5.74) is 7.21. The van der Waals surface area contributed by atoms with Crippen LogP contribution in [0, 0.1) is 0 Å². The first-order valence-electron chi connectivity index (χ1n) is 5.39. The Morgan fingerprint density at radius 3 is 2.86 bits per heavy atom. The number of aromatic nitrogens is 3. The van der Waals surface area contributed by atoms with Gasteiger partial charge in [0.15, 0.2) is 0 Å². The Balaban J connectivity index is 2.14. The van der Waals surface area contributed by atoms with E-state index in [4.69, 9.17) is 5.73 Å². The van der Waals surface area contributed by atoms with E-state index in [1.54, 1.807) is 4.68 Å². The molecule has 4 heteroatoms. The summed E-state index contributed by atoms with van der Waals surface area (Å²) in [5, 5.41) is 8.13. The second-order valence-electron chi connectivity index (χ2n) is 4.23. The molecule has 78 valence electrons. The van der Waals surface area contributed by atoms with Crippen molar-refractivity contribution in [2.45, 2.75) is 44.1 Å². The molecule has 4 nitrogen and oxygen atoms in total. The smallest absolute Gasteiger partial charge is 0.0873 e. The lowest BCUT2D eigenvalue weighted by Crippen LogP contribution is -2.27. The zero-order valence-electron chi connectivity index (χ0n) is 8.69. The summed E-state index contributed by atoms with van der Waals surface area (Å²) in [6, 6.07) is 0.272. The summed E-state index contributed by atoms with van der Waals surface area (Å²) in [7, 11) is 1.90. The number of nitrogens with zero attached hydrogens (tertiary/aromatic N) is 3. The monoisotopic (exact) mass is 194 g/mol. The fourth-order valence-electron chi connectivity index (χ4n) is 2.24. The van der Waals surface area contributed by atoms with Gasteiger partial charge in [-0.05, 0) is 12.8 Å². The summed E-state index contributed by atoms with van der Waals surface area (Å²) in [5.74, 6) is 0.422. The minimum absolute atomic E-state index is 0.272. The van der Waals surface area contributed by atoms with Gasteiger partial charge in [-0.3, -0.25) is 4.68 Å². The van der Waals surface area contributed by atoms with Gasteiger partial charge in [-0.1, -0.05) is 24.5 Å². The van der Waals surface area contributed by atoms with Crippen molar-refractivity contribution in [2.75, 3.05) is 0 Å². The minimum Gasteiger partial charge on any atom is -0.327 e. The first kappa shape index (κ1) is 9.65. The van der Waals surface area contributed by atoms with Crippen molar-refractivity contribution in [1.29, 1.82) is 0 Å². The second-order valence-corrected chi connectivity index (χ2v) is 4.23. The zero-order chi connectivity index (χ0) is 9.97. The summed E-state index contributed by atoms with van der Waals surface area (Å²) in [4.78, 5) is 0. The molecule has 0 bridgehead atoms. The van der Waals surface area contributed by atoms with Crippen LogP contribution in [0.3, 0.4) is 0 Å². The van der Waals surface area contributed by atoms with Gasteiger partial charge >= 0.3 is 0 Å². The molecule has 1 aromatic heterocycles. The van der Waals surface area contributed by atoms with Crippen LogP contribution in [0.2, 0.25) is 0 Å². The van der Waals surface area contributed by atoms with Crippen LogP contribution in [0.4, 0.5) is 0 Å². The minimum atomic E-state index is 0.272. The molecular weight excluding hydrogens is 176 g/mol. The van der Waals surface area contributed by atoms with Crippen molar-refractivity contribution in [1.82, 2.24) is 15.0 Å². The van der Waals surface area contributed by atoms with E-state index in [0.717, 1.165) is 12.1 Å². The largest absolute Gasteiger partial charge is 0.327 e.